The maximum atomic E-state index is 13.2. The van der Waals surface area contributed by atoms with Crippen LogP contribution in [0.25, 0.3) is 0 Å². The van der Waals surface area contributed by atoms with Gasteiger partial charge in [-0.2, -0.15) is 0 Å². The molecule has 0 bridgehead atoms. The molecule has 0 heterocycles. The van der Waals surface area contributed by atoms with Crippen LogP contribution in [0, 0.1) is 11.3 Å². The van der Waals surface area contributed by atoms with Crippen molar-refractivity contribution in [2.45, 2.75) is 66.4 Å². The Balaban J connectivity index is 0.00000363. The molecule has 0 radical (unpaired) electrons. The maximum Gasteiger partial charge on any atom is 0.328 e. The SMILES string of the molecule is CNC1CCCCC12C(Br)CC(C(=O)N[C@@H](Cc1ccccc1)C(=O)OC)C(O)C2Br.Cl. The monoisotopic (exact) mass is 594 g/mol. The van der Waals surface area contributed by atoms with Crippen LogP contribution in [0.3, 0.4) is 0 Å². The first-order valence-electron chi connectivity index (χ1n) is 10.9. The Kier molecular flexibility index (Phi) is 10.5. The van der Waals surface area contributed by atoms with Crippen molar-refractivity contribution in [3.8, 4) is 0 Å². The third-order valence-electron chi connectivity index (χ3n) is 7.04. The summed E-state index contributed by atoms with van der Waals surface area (Å²) in [6.07, 6.45) is 4.29. The number of alkyl halides is 2. The van der Waals surface area contributed by atoms with Crippen LogP contribution in [0.4, 0.5) is 0 Å². The molecule has 2 saturated carbocycles. The topological polar surface area (TPSA) is 87.7 Å². The lowest BCUT2D eigenvalue weighted by Crippen LogP contribution is -2.65. The number of nitrogens with one attached hydrogen (secondary N) is 2. The molecule has 2 aliphatic rings. The van der Waals surface area contributed by atoms with Crippen LogP contribution in [0.2, 0.25) is 0 Å². The zero-order chi connectivity index (χ0) is 22.6. The summed E-state index contributed by atoms with van der Waals surface area (Å²) in [4.78, 5) is 25.4. The summed E-state index contributed by atoms with van der Waals surface area (Å²) in [7, 11) is 3.28. The number of halogens is 3. The number of hydrogen-bond donors (Lipinski definition) is 3. The summed E-state index contributed by atoms with van der Waals surface area (Å²) in [5.74, 6) is -1.44. The number of ether oxygens (including phenoxy) is 1. The number of carbonyl (C=O) groups excluding carboxylic acids is 2. The number of aliphatic hydroxyl groups is 1. The quantitative estimate of drug-likeness (QED) is 0.347. The molecule has 6 unspecified atom stereocenters. The number of benzene rings is 1. The normalized spacial score (nSPS) is 33.1. The third kappa shape index (κ3) is 5.52. The molecule has 6 nitrogen and oxygen atoms in total. The van der Waals surface area contributed by atoms with E-state index in [2.05, 4.69) is 42.5 Å². The van der Waals surface area contributed by atoms with Crippen molar-refractivity contribution < 1.29 is 19.4 Å². The van der Waals surface area contributed by atoms with Crippen LogP contribution in [-0.4, -0.2) is 59.0 Å². The summed E-state index contributed by atoms with van der Waals surface area (Å²) in [6.45, 7) is 0. The van der Waals surface area contributed by atoms with E-state index in [1.807, 2.05) is 37.4 Å². The van der Waals surface area contributed by atoms with E-state index in [0.29, 0.717) is 12.8 Å². The number of methoxy groups -OCH3 is 1. The minimum atomic E-state index is -0.849. The van der Waals surface area contributed by atoms with Crippen LogP contribution in [-0.2, 0) is 20.7 Å². The highest BCUT2D eigenvalue weighted by Crippen LogP contribution is 2.54. The fourth-order valence-corrected chi connectivity index (χ4v) is 8.17. The zero-order valence-electron chi connectivity index (χ0n) is 18.4. The van der Waals surface area contributed by atoms with Crippen molar-refractivity contribution in [1.29, 1.82) is 0 Å². The Morgan fingerprint density at radius 3 is 2.56 bits per heavy atom. The van der Waals surface area contributed by atoms with E-state index in [1.165, 1.54) is 7.11 Å². The van der Waals surface area contributed by atoms with E-state index in [9.17, 15) is 14.7 Å². The molecule has 0 saturated heterocycles. The van der Waals surface area contributed by atoms with Gasteiger partial charge in [-0.05, 0) is 31.9 Å². The highest BCUT2D eigenvalue weighted by atomic mass is 79.9. The second kappa shape index (κ2) is 12.2. The van der Waals surface area contributed by atoms with E-state index in [-0.39, 0.29) is 39.4 Å². The van der Waals surface area contributed by atoms with Crippen molar-refractivity contribution in [1.82, 2.24) is 10.6 Å². The van der Waals surface area contributed by atoms with Gasteiger partial charge < -0.3 is 20.5 Å². The average molecular weight is 597 g/mol. The standard InChI is InChI=1S/C23H32Br2N2O4.ClH/c1-26-18-10-6-7-11-23(18)17(24)13-15(19(28)20(23)25)21(29)27-16(22(30)31-2)12-14-8-4-3-5-9-14;/h3-5,8-9,15-20,26,28H,6-7,10-13H2,1-2H3,(H,27,29);1H/t15?,16-,17?,18?,19?,20?,23?;/m0./s1. The van der Waals surface area contributed by atoms with E-state index in [1.54, 1.807) is 0 Å². The summed E-state index contributed by atoms with van der Waals surface area (Å²) in [6, 6.07) is 8.96. The molecule has 2 fully saturated rings. The summed E-state index contributed by atoms with van der Waals surface area (Å²) >= 11 is 7.65. The minimum absolute atomic E-state index is 0. The molecule has 0 aromatic heterocycles. The van der Waals surface area contributed by atoms with Gasteiger partial charge in [0.2, 0.25) is 5.91 Å². The molecule has 1 spiro atoms. The van der Waals surface area contributed by atoms with Crippen LogP contribution in [0.15, 0.2) is 30.3 Å². The Morgan fingerprint density at radius 1 is 1.25 bits per heavy atom. The lowest BCUT2D eigenvalue weighted by atomic mass is 9.59. The first-order valence-corrected chi connectivity index (χ1v) is 12.7. The van der Waals surface area contributed by atoms with E-state index >= 15 is 0 Å². The first kappa shape index (κ1) is 27.6. The molecule has 3 rings (SSSR count). The Labute approximate surface area is 213 Å². The molecule has 7 atom stereocenters. The van der Waals surface area contributed by atoms with Gasteiger partial charge in [0, 0.05) is 27.5 Å². The third-order valence-corrected chi connectivity index (χ3v) is 9.66. The van der Waals surface area contributed by atoms with Crippen LogP contribution >= 0.6 is 44.3 Å². The van der Waals surface area contributed by atoms with Crippen LogP contribution in [0.5, 0.6) is 0 Å². The van der Waals surface area contributed by atoms with Crippen molar-refractivity contribution in [3.63, 3.8) is 0 Å². The number of amides is 1. The first-order chi connectivity index (χ1) is 14.8. The summed E-state index contributed by atoms with van der Waals surface area (Å²) in [5.41, 5.74) is 0.756. The van der Waals surface area contributed by atoms with E-state index in [0.717, 1.165) is 31.2 Å². The number of rotatable bonds is 6. The lowest BCUT2D eigenvalue weighted by molar-refractivity contribution is -0.147. The fourth-order valence-electron chi connectivity index (χ4n) is 5.34. The van der Waals surface area contributed by atoms with Gasteiger partial charge in [-0.15, -0.1) is 12.4 Å². The van der Waals surface area contributed by atoms with Crippen LogP contribution < -0.4 is 10.6 Å². The molecule has 180 valence electrons. The molecule has 9 heteroatoms. The number of hydrogen-bond acceptors (Lipinski definition) is 5. The fraction of sp³-hybridized carbons (Fsp3) is 0.652. The average Bonchev–Trinajstić information content (AvgIpc) is 2.79. The van der Waals surface area contributed by atoms with Gasteiger partial charge >= 0.3 is 5.97 Å². The summed E-state index contributed by atoms with van der Waals surface area (Å²) < 4.78 is 4.92. The molecular formula is C23H33Br2ClN2O4. The van der Waals surface area contributed by atoms with Gasteiger partial charge in [-0.3, -0.25) is 4.79 Å². The van der Waals surface area contributed by atoms with Gasteiger partial charge in [0.25, 0.3) is 0 Å². The molecule has 1 aromatic rings. The Hall–Kier alpha value is -0.670. The highest BCUT2D eigenvalue weighted by molar-refractivity contribution is 9.10. The van der Waals surface area contributed by atoms with Gasteiger partial charge in [0.1, 0.15) is 6.04 Å². The second-order valence-electron chi connectivity index (χ2n) is 8.68. The largest absolute Gasteiger partial charge is 0.467 e. The highest BCUT2D eigenvalue weighted by Gasteiger charge is 2.58. The number of carbonyl (C=O) groups is 2. The molecule has 2 aliphatic carbocycles. The molecule has 32 heavy (non-hydrogen) atoms. The number of esters is 1. The Morgan fingerprint density at radius 2 is 1.94 bits per heavy atom. The van der Waals surface area contributed by atoms with Crippen molar-refractivity contribution >= 4 is 56.1 Å². The van der Waals surface area contributed by atoms with Gasteiger partial charge in [-0.1, -0.05) is 75.0 Å². The van der Waals surface area contributed by atoms with Crippen molar-refractivity contribution in [3.05, 3.63) is 35.9 Å². The van der Waals surface area contributed by atoms with Crippen LogP contribution in [0.1, 0.15) is 37.7 Å². The zero-order valence-corrected chi connectivity index (χ0v) is 22.4. The maximum absolute atomic E-state index is 13.2. The minimum Gasteiger partial charge on any atom is -0.467 e. The molecule has 1 aromatic carbocycles. The molecule has 3 N–H and O–H groups in total. The van der Waals surface area contributed by atoms with E-state index < -0.39 is 24.0 Å². The van der Waals surface area contributed by atoms with E-state index in [4.69, 9.17) is 4.74 Å². The molecular weight excluding hydrogens is 564 g/mol. The predicted octanol–water partition coefficient (Wildman–Crippen LogP) is 3.36. The van der Waals surface area contributed by atoms with Gasteiger partial charge in [-0.25, -0.2) is 4.79 Å². The second-order valence-corrected chi connectivity index (χ2v) is 10.8. The summed E-state index contributed by atoms with van der Waals surface area (Å²) in [5, 5.41) is 17.5. The number of aliphatic hydroxyl groups excluding tert-OH is 1. The Bertz CT molecular complexity index is 772. The van der Waals surface area contributed by atoms with Gasteiger partial charge in [0.15, 0.2) is 0 Å². The lowest BCUT2D eigenvalue weighted by Gasteiger charge is -2.55. The van der Waals surface area contributed by atoms with Crippen molar-refractivity contribution in [2.75, 3.05) is 14.2 Å². The predicted molar refractivity (Wildman–Crippen MR) is 135 cm³/mol. The smallest absolute Gasteiger partial charge is 0.328 e. The van der Waals surface area contributed by atoms with Crippen molar-refractivity contribution in [2.24, 2.45) is 11.3 Å². The molecule has 1 amide bonds. The molecule has 0 aliphatic heterocycles. The van der Waals surface area contributed by atoms with Gasteiger partial charge in [0.05, 0.1) is 19.1 Å².